The zero-order valence-electron chi connectivity index (χ0n) is 11.7. The highest BCUT2D eigenvalue weighted by Crippen LogP contribution is 2.27. The number of nitrogens with zero attached hydrogens (tertiary/aromatic N) is 1. The summed E-state index contributed by atoms with van der Waals surface area (Å²) >= 11 is 1.30. The van der Waals surface area contributed by atoms with E-state index in [-0.39, 0.29) is 17.3 Å². The molecular weight excluding hydrogens is 264 g/mol. The Kier molecular flexibility index (Phi) is 5.47. The summed E-state index contributed by atoms with van der Waals surface area (Å²) in [4.78, 5) is 15.6. The van der Waals surface area contributed by atoms with Crippen molar-refractivity contribution in [3.8, 4) is 5.88 Å². The monoisotopic (exact) mass is 284 g/mol. The molecule has 0 bridgehead atoms. The molecule has 0 unspecified atom stereocenters. The number of hydrogen-bond donors (Lipinski definition) is 1. The zero-order chi connectivity index (χ0) is 14.5. The predicted molar refractivity (Wildman–Crippen MR) is 76.4 cm³/mol. The standard InChI is InChI=1S/C13H20N2O3S/c1-5-17-11(16)8-19-10-7-6-9(14)12(15-10)18-13(2,3)4/h6-7H,5,8,14H2,1-4H3. The average molecular weight is 284 g/mol. The van der Waals surface area contributed by atoms with Gasteiger partial charge in [-0.1, -0.05) is 11.8 Å². The molecule has 5 nitrogen and oxygen atoms in total. The third kappa shape index (κ3) is 5.83. The Labute approximate surface area is 117 Å². The normalized spacial score (nSPS) is 11.2. The number of carbonyl (C=O) groups is 1. The SMILES string of the molecule is CCOC(=O)CSc1ccc(N)c(OC(C)(C)C)n1. The maximum Gasteiger partial charge on any atom is 0.316 e. The number of anilines is 1. The lowest BCUT2D eigenvalue weighted by molar-refractivity contribution is -0.139. The van der Waals surface area contributed by atoms with E-state index in [1.807, 2.05) is 20.8 Å². The van der Waals surface area contributed by atoms with Gasteiger partial charge in [0.05, 0.1) is 18.0 Å². The summed E-state index contributed by atoms with van der Waals surface area (Å²) in [5.74, 6) is 0.352. The maximum absolute atomic E-state index is 11.3. The third-order valence-corrected chi connectivity index (χ3v) is 2.81. The van der Waals surface area contributed by atoms with Crippen LogP contribution in [-0.4, -0.2) is 28.9 Å². The third-order valence-electron chi connectivity index (χ3n) is 1.91. The first-order valence-electron chi connectivity index (χ1n) is 6.06. The highest BCUT2D eigenvalue weighted by atomic mass is 32.2. The van der Waals surface area contributed by atoms with Crippen molar-refractivity contribution < 1.29 is 14.3 Å². The van der Waals surface area contributed by atoms with Gasteiger partial charge in [-0.25, -0.2) is 4.98 Å². The molecule has 0 saturated carbocycles. The fraction of sp³-hybridized carbons (Fsp3) is 0.538. The highest BCUT2D eigenvalue weighted by molar-refractivity contribution is 7.99. The molecule has 0 radical (unpaired) electrons. The van der Waals surface area contributed by atoms with E-state index < -0.39 is 0 Å². The molecule has 0 fully saturated rings. The molecule has 1 heterocycles. The number of pyridine rings is 1. The number of hydrogen-bond acceptors (Lipinski definition) is 6. The molecule has 0 aliphatic carbocycles. The smallest absolute Gasteiger partial charge is 0.316 e. The van der Waals surface area contributed by atoms with Gasteiger partial charge in [-0.3, -0.25) is 4.79 Å². The quantitative estimate of drug-likeness (QED) is 0.661. The van der Waals surface area contributed by atoms with Gasteiger partial charge in [0.25, 0.3) is 0 Å². The second-order valence-electron chi connectivity index (χ2n) is 4.85. The topological polar surface area (TPSA) is 74.4 Å². The molecule has 0 saturated heterocycles. The fourth-order valence-electron chi connectivity index (χ4n) is 1.22. The summed E-state index contributed by atoms with van der Waals surface area (Å²) in [5, 5.41) is 0.682. The van der Waals surface area contributed by atoms with Crippen molar-refractivity contribution in [2.45, 2.75) is 38.3 Å². The summed E-state index contributed by atoms with van der Waals surface area (Å²) in [6.07, 6.45) is 0. The Morgan fingerprint density at radius 2 is 2.11 bits per heavy atom. The molecule has 0 aliphatic heterocycles. The minimum atomic E-state index is -0.369. The van der Waals surface area contributed by atoms with Crippen LogP contribution in [0.5, 0.6) is 5.88 Å². The van der Waals surface area contributed by atoms with Crippen LogP contribution in [0.2, 0.25) is 0 Å². The molecule has 0 atom stereocenters. The number of esters is 1. The molecule has 1 rings (SSSR count). The van der Waals surface area contributed by atoms with E-state index in [9.17, 15) is 4.79 Å². The first kappa shape index (κ1) is 15.6. The summed E-state index contributed by atoms with van der Waals surface area (Å²) in [5.41, 5.74) is 5.92. The molecule has 1 aromatic rings. The molecule has 1 aromatic heterocycles. The molecule has 19 heavy (non-hydrogen) atoms. The number of aromatic nitrogens is 1. The lowest BCUT2D eigenvalue weighted by atomic mass is 10.2. The number of rotatable bonds is 5. The van der Waals surface area contributed by atoms with Crippen molar-refractivity contribution in [2.75, 3.05) is 18.1 Å². The van der Waals surface area contributed by atoms with E-state index in [1.54, 1.807) is 19.1 Å². The van der Waals surface area contributed by atoms with Crippen LogP contribution in [0.15, 0.2) is 17.2 Å². The largest absolute Gasteiger partial charge is 0.470 e. The van der Waals surface area contributed by atoms with Gasteiger partial charge in [-0.2, -0.15) is 0 Å². The number of nitrogen functional groups attached to an aromatic ring is 1. The first-order valence-corrected chi connectivity index (χ1v) is 7.04. The molecule has 2 N–H and O–H groups in total. The Balaban J connectivity index is 2.71. The van der Waals surface area contributed by atoms with Crippen LogP contribution in [0.3, 0.4) is 0 Å². The number of nitrogens with two attached hydrogens (primary N) is 1. The van der Waals surface area contributed by atoms with Crippen LogP contribution in [-0.2, 0) is 9.53 Å². The number of thioether (sulfide) groups is 1. The maximum atomic E-state index is 11.3. The second-order valence-corrected chi connectivity index (χ2v) is 5.85. The molecule has 0 aromatic carbocycles. The van der Waals surface area contributed by atoms with E-state index in [0.717, 1.165) is 0 Å². The lowest BCUT2D eigenvalue weighted by Gasteiger charge is -2.21. The lowest BCUT2D eigenvalue weighted by Crippen LogP contribution is -2.24. The summed E-state index contributed by atoms with van der Waals surface area (Å²) in [6, 6.07) is 3.48. The molecule has 0 amide bonds. The van der Waals surface area contributed by atoms with Crippen LogP contribution >= 0.6 is 11.8 Å². The number of ether oxygens (including phenoxy) is 2. The zero-order valence-corrected chi connectivity index (χ0v) is 12.5. The molecule has 0 spiro atoms. The van der Waals surface area contributed by atoms with E-state index in [1.165, 1.54) is 11.8 Å². The molecular formula is C13H20N2O3S. The highest BCUT2D eigenvalue weighted by Gasteiger charge is 2.16. The van der Waals surface area contributed by atoms with E-state index in [4.69, 9.17) is 15.2 Å². The van der Waals surface area contributed by atoms with Crippen molar-refractivity contribution in [3.05, 3.63) is 12.1 Å². The van der Waals surface area contributed by atoms with Crippen LogP contribution < -0.4 is 10.5 Å². The predicted octanol–water partition coefficient (Wildman–Crippen LogP) is 2.50. The van der Waals surface area contributed by atoms with Crippen LogP contribution in [0.25, 0.3) is 0 Å². The van der Waals surface area contributed by atoms with Gasteiger partial charge in [0.15, 0.2) is 0 Å². The van der Waals surface area contributed by atoms with Crippen molar-refractivity contribution in [1.82, 2.24) is 4.98 Å². The summed E-state index contributed by atoms with van der Waals surface area (Å²) < 4.78 is 10.5. The molecule has 106 valence electrons. The Bertz CT molecular complexity index is 444. The summed E-state index contributed by atoms with van der Waals surface area (Å²) in [7, 11) is 0. The average Bonchev–Trinajstić information content (AvgIpc) is 2.29. The van der Waals surface area contributed by atoms with Crippen LogP contribution in [0.1, 0.15) is 27.7 Å². The van der Waals surface area contributed by atoms with Gasteiger partial charge >= 0.3 is 5.97 Å². The van der Waals surface area contributed by atoms with E-state index in [2.05, 4.69) is 4.98 Å². The summed E-state index contributed by atoms with van der Waals surface area (Å²) in [6.45, 7) is 7.93. The van der Waals surface area contributed by atoms with Crippen LogP contribution in [0, 0.1) is 0 Å². The van der Waals surface area contributed by atoms with Crippen molar-refractivity contribution in [2.24, 2.45) is 0 Å². The van der Waals surface area contributed by atoms with Gasteiger partial charge in [0.1, 0.15) is 10.6 Å². The van der Waals surface area contributed by atoms with Crippen molar-refractivity contribution in [1.29, 1.82) is 0 Å². The Morgan fingerprint density at radius 1 is 1.42 bits per heavy atom. The second kappa shape index (κ2) is 6.65. The first-order chi connectivity index (χ1) is 8.81. The van der Waals surface area contributed by atoms with Gasteiger partial charge < -0.3 is 15.2 Å². The van der Waals surface area contributed by atoms with Gasteiger partial charge in [0, 0.05) is 0 Å². The van der Waals surface area contributed by atoms with Gasteiger partial charge in [-0.15, -0.1) is 0 Å². The molecule has 6 heteroatoms. The molecule has 0 aliphatic rings. The minimum Gasteiger partial charge on any atom is -0.470 e. The van der Waals surface area contributed by atoms with Crippen molar-refractivity contribution in [3.63, 3.8) is 0 Å². The fourth-order valence-corrected chi connectivity index (χ4v) is 1.88. The van der Waals surface area contributed by atoms with E-state index in [0.29, 0.717) is 23.2 Å². The van der Waals surface area contributed by atoms with Crippen LogP contribution in [0.4, 0.5) is 5.69 Å². The minimum absolute atomic E-state index is 0.222. The van der Waals surface area contributed by atoms with Gasteiger partial charge in [0.2, 0.25) is 5.88 Å². The Hall–Kier alpha value is -1.43. The van der Waals surface area contributed by atoms with Crippen molar-refractivity contribution >= 4 is 23.4 Å². The van der Waals surface area contributed by atoms with Gasteiger partial charge in [-0.05, 0) is 39.8 Å². The number of carbonyl (C=O) groups excluding carboxylic acids is 1. The Morgan fingerprint density at radius 3 is 2.68 bits per heavy atom. The van der Waals surface area contributed by atoms with E-state index >= 15 is 0 Å².